The first kappa shape index (κ1) is 18.5. The highest BCUT2D eigenvalue weighted by Crippen LogP contribution is 2.46. The zero-order chi connectivity index (χ0) is 15.4. The van der Waals surface area contributed by atoms with Crippen LogP contribution in [0.4, 0.5) is 0 Å². The van der Waals surface area contributed by atoms with Gasteiger partial charge in [-0.1, -0.05) is 61.8 Å². The van der Waals surface area contributed by atoms with Crippen LogP contribution in [-0.2, 0) is 4.79 Å². The average molecular weight is 270 g/mol. The fourth-order valence-corrected chi connectivity index (χ4v) is 3.37. The Balaban J connectivity index is 5.28. The van der Waals surface area contributed by atoms with E-state index in [1.165, 1.54) is 0 Å². The van der Waals surface area contributed by atoms with Crippen molar-refractivity contribution in [2.24, 2.45) is 28.6 Å². The van der Waals surface area contributed by atoms with Crippen LogP contribution in [0.25, 0.3) is 0 Å². The molecule has 0 aromatic carbocycles. The molecule has 3 atom stereocenters. The molecular weight excluding hydrogens is 236 g/mol. The molecule has 0 radical (unpaired) electrons. The van der Waals surface area contributed by atoms with E-state index in [0.717, 1.165) is 19.3 Å². The van der Waals surface area contributed by atoms with Gasteiger partial charge in [0.2, 0.25) is 0 Å². The minimum Gasteiger partial charge on any atom is -0.481 e. The van der Waals surface area contributed by atoms with Crippen molar-refractivity contribution in [2.75, 3.05) is 0 Å². The Morgan fingerprint density at radius 2 is 1.32 bits per heavy atom. The highest BCUT2D eigenvalue weighted by atomic mass is 16.4. The Hall–Kier alpha value is -0.530. The molecule has 2 heteroatoms. The second kappa shape index (κ2) is 6.76. The molecule has 0 bridgehead atoms. The van der Waals surface area contributed by atoms with Crippen molar-refractivity contribution >= 4 is 5.97 Å². The Morgan fingerprint density at radius 1 is 0.895 bits per heavy atom. The molecule has 0 rings (SSSR count). The van der Waals surface area contributed by atoms with Crippen LogP contribution in [0.2, 0.25) is 0 Å². The standard InChI is InChI=1S/C17H34O2/c1-9-12(15(18)19)11-14(17(6,7)8)13(10-2)16(3,4)5/h12-14H,9-11H2,1-8H3,(H,18,19). The van der Waals surface area contributed by atoms with Crippen LogP contribution in [-0.4, -0.2) is 11.1 Å². The predicted octanol–water partition coefficient (Wildman–Crippen LogP) is 5.22. The summed E-state index contributed by atoms with van der Waals surface area (Å²) in [7, 11) is 0. The molecule has 0 aliphatic rings. The lowest BCUT2D eigenvalue weighted by molar-refractivity contribution is -0.143. The third-order valence-electron chi connectivity index (χ3n) is 4.53. The van der Waals surface area contributed by atoms with E-state index in [-0.39, 0.29) is 16.7 Å². The van der Waals surface area contributed by atoms with Gasteiger partial charge in [0.25, 0.3) is 0 Å². The van der Waals surface area contributed by atoms with Gasteiger partial charge in [-0.2, -0.15) is 0 Å². The van der Waals surface area contributed by atoms with Gasteiger partial charge in [0.05, 0.1) is 5.92 Å². The molecule has 0 aromatic rings. The molecule has 1 N–H and O–H groups in total. The number of rotatable bonds is 6. The lowest BCUT2D eigenvalue weighted by Crippen LogP contribution is -2.38. The molecule has 3 unspecified atom stereocenters. The molecule has 0 amide bonds. The maximum atomic E-state index is 11.4. The molecule has 2 nitrogen and oxygen atoms in total. The normalized spacial score (nSPS) is 17.9. The van der Waals surface area contributed by atoms with Crippen LogP contribution in [0.3, 0.4) is 0 Å². The van der Waals surface area contributed by atoms with Crippen LogP contribution in [0.1, 0.15) is 74.7 Å². The quantitative estimate of drug-likeness (QED) is 0.718. The smallest absolute Gasteiger partial charge is 0.306 e. The molecular formula is C17H34O2. The molecule has 0 aliphatic carbocycles. The molecule has 19 heavy (non-hydrogen) atoms. The van der Waals surface area contributed by atoms with Gasteiger partial charge in [0, 0.05) is 0 Å². The maximum absolute atomic E-state index is 11.4. The van der Waals surface area contributed by atoms with Crippen molar-refractivity contribution in [3.8, 4) is 0 Å². The van der Waals surface area contributed by atoms with Gasteiger partial charge in [0.1, 0.15) is 0 Å². The molecule has 0 aliphatic heterocycles. The summed E-state index contributed by atoms with van der Waals surface area (Å²) in [4.78, 5) is 11.4. The molecule has 114 valence electrons. The Bertz CT molecular complexity index is 281. The van der Waals surface area contributed by atoms with Gasteiger partial charge < -0.3 is 5.11 Å². The van der Waals surface area contributed by atoms with E-state index in [4.69, 9.17) is 0 Å². The first-order chi connectivity index (χ1) is 8.45. The summed E-state index contributed by atoms with van der Waals surface area (Å²) in [5.41, 5.74) is 0.375. The van der Waals surface area contributed by atoms with Gasteiger partial charge in [-0.3, -0.25) is 4.79 Å². The van der Waals surface area contributed by atoms with Crippen molar-refractivity contribution in [1.82, 2.24) is 0 Å². The number of carboxylic acids is 1. The lowest BCUT2D eigenvalue weighted by atomic mass is 9.61. The number of carbonyl (C=O) groups is 1. The Kier molecular flexibility index (Phi) is 6.57. The zero-order valence-electron chi connectivity index (χ0n) is 14.2. The summed E-state index contributed by atoms with van der Waals surface area (Å²) in [6, 6.07) is 0. The lowest BCUT2D eigenvalue weighted by Gasteiger charge is -2.44. The molecule has 0 fully saturated rings. The number of aliphatic carboxylic acids is 1. The highest BCUT2D eigenvalue weighted by Gasteiger charge is 2.39. The Labute approximate surface area is 120 Å². The van der Waals surface area contributed by atoms with Crippen molar-refractivity contribution in [2.45, 2.75) is 74.7 Å². The van der Waals surface area contributed by atoms with E-state index in [1.54, 1.807) is 0 Å². The van der Waals surface area contributed by atoms with E-state index >= 15 is 0 Å². The summed E-state index contributed by atoms with van der Waals surface area (Å²) >= 11 is 0. The minimum atomic E-state index is -0.638. The summed E-state index contributed by atoms with van der Waals surface area (Å²) in [5, 5.41) is 9.35. The van der Waals surface area contributed by atoms with E-state index in [9.17, 15) is 9.90 Å². The number of hydrogen-bond donors (Lipinski definition) is 1. The first-order valence-electron chi connectivity index (χ1n) is 7.67. The van der Waals surface area contributed by atoms with Crippen molar-refractivity contribution in [3.63, 3.8) is 0 Å². The van der Waals surface area contributed by atoms with E-state index in [1.807, 2.05) is 6.92 Å². The zero-order valence-corrected chi connectivity index (χ0v) is 14.2. The summed E-state index contributed by atoms with van der Waals surface area (Å²) in [6.45, 7) is 17.8. The fourth-order valence-electron chi connectivity index (χ4n) is 3.37. The molecule has 0 aromatic heterocycles. The minimum absolute atomic E-state index is 0.150. The molecule has 0 heterocycles. The topological polar surface area (TPSA) is 37.3 Å². The summed E-state index contributed by atoms with van der Waals surface area (Å²) < 4.78 is 0. The highest BCUT2D eigenvalue weighted by molar-refractivity contribution is 5.69. The fraction of sp³-hybridized carbons (Fsp3) is 0.941. The van der Waals surface area contributed by atoms with Gasteiger partial charge in [-0.15, -0.1) is 0 Å². The third kappa shape index (κ3) is 5.54. The van der Waals surface area contributed by atoms with Crippen LogP contribution >= 0.6 is 0 Å². The van der Waals surface area contributed by atoms with Crippen molar-refractivity contribution < 1.29 is 9.90 Å². The molecule has 0 spiro atoms. The summed E-state index contributed by atoms with van der Waals surface area (Å²) in [5.74, 6) is 0.153. The Morgan fingerprint density at radius 3 is 1.53 bits per heavy atom. The van der Waals surface area contributed by atoms with Crippen molar-refractivity contribution in [3.05, 3.63) is 0 Å². The molecule has 0 saturated carbocycles. The molecule has 0 saturated heterocycles. The first-order valence-corrected chi connectivity index (χ1v) is 7.67. The number of carboxylic acid groups (broad SMARTS) is 1. The number of hydrogen-bond acceptors (Lipinski definition) is 1. The SMILES string of the molecule is CCC(CC(C(CC)C(C)(C)C)C(C)(C)C)C(=O)O. The van der Waals surface area contributed by atoms with Gasteiger partial charge in [-0.25, -0.2) is 0 Å². The van der Waals surface area contributed by atoms with E-state index in [2.05, 4.69) is 48.5 Å². The average Bonchev–Trinajstić information content (AvgIpc) is 2.19. The van der Waals surface area contributed by atoms with Crippen LogP contribution < -0.4 is 0 Å². The summed E-state index contributed by atoms with van der Waals surface area (Å²) in [6.07, 6.45) is 2.63. The van der Waals surface area contributed by atoms with Crippen LogP contribution in [0.15, 0.2) is 0 Å². The third-order valence-corrected chi connectivity index (χ3v) is 4.53. The second-order valence-corrected chi connectivity index (χ2v) is 8.03. The predicted molar refractivity (Wildman–Crippen MR) is 82.2 cm³/mol. The maximum Gasteiger partial charge on any atom is 0.306 e. The monoisotopic (exact) mass is 270 g/mol. The van der Waals surface area contributed by atoms with E-state index in [0.29, 0.717) is 11.8 Å². The second-order valence-electron chi connectivity index (χ2n) is 8.03. The largest absolute Gasteiger partial charge is 0.481 e. The van der Waals surface area contributed by atoms with Gasteiger partial charge in [-0.05, 0) is 35.5 Å². The van der Waals surface area contributed by atoms with Crippen molar-refractivity contribution in [1.29, 1.82) is 0 Å². The van der Waals surface area contributed by atoms with Crippen LogP contribution in [0.5, 0.6) is 0 Å². The van der Waals surface area contributed by atoms with Gasteiger partial charge in [0.15, 0.2) is 0 Å². The van der Waals surface area contributed by atoms with Gasteiger partial charge >= 0.3 is 5.97 Å². The van der Waals surface area contributed by atoms with E-state index < -0.39 is 5.97 Å². The van der Waals surface area contributed by atoms with Crippen LogP contribution in [0, 0.1) is 28.6 Å².